The molecule has 1 aliphatic heterocycles. The lowest BCUT2D eigenvalue weighted by atomic mass is 9.91. The van der Waals surface area contributed by atoms with E-state index in [-0.39, 0.29) is 31.2 Å². The van der Waals surface area contributed by atoms with Gasteiger partial charge in [-0.1, -0.05) is 48.5 Å². The van der Waals surface area contributed by atoms with E-state index in [1.54, 1.807) is 18.3 Å². The maximum Gasteiger partial charge on any atom is 0.239 e. The second-order valence-corrected chi connectivity index (χ2v) is 13.7. The van der Waals surface area contributed by atoms with E-state index in [0.29, 0.717) is 43.7 Å². The highest BCUT2D eigenvalue weighted by atomic mass is 19.1. The van der Waals surface area contributed by atoms with Crippen LogP contribution in [-0.4, -0.2) is 86.8 Å². The van der Waals surface area contributed by atoms with Gasteiger partial charge in [-0.2, -0.15) is 0 Å². The molecule has 2 aromatic carbocycles. The fraction of sp³-hybridized carbons (Fsp3) is 0.472. The van der Waals surface area contributed by atoms with Gasteiger partial charge in [-0.25, -0.2) is 4.39 Å². The third-order valence-corrected chi connectivity index (χ3v) is 8.79. The van der Waals surface area contributed by atoms with Gasteiger partial charge in [0.05, 0.1) is 18.2 Å². The van der Waals surface area contributed by atoms with E-state index >= 15 is 0 Å². The number of piperazine rings is 1. The molecule has 2 heterocycles. The topological polar surface area (TPSA) is 118 Å². The number of nitrogens with zero attached hydrogens (tertiary/aromatic N) is 3. The number of fused-ring (bicyclic) bond motifs is 1. The molecule has 1 aromatic heterocycles. The predicted octanol–water partition coefficient (Wildman–Crippen LogP) is 3.01. The van der Waals surface area contributed by atoms with Crippen molar-refractivity contribution in [2.75, 3.05) is 26.2 Å². The summed E-state index contributed by atoms with van der Waals surface area (Å²) in [4.78, 5) is 35.8. The molecule has 5 atom stereocenters. The summed E-state index contributed by atoms with van der Waals surface area (Å²) in [7, 11) is 0. The molecule has 9 nitrogen and oxygen atoms in total. The number of benzene rings is 2. The molecule has 10 heteroatoms. The van der Waals surface area contributed by atoms with Crippen molar-refractivity contribution in [3.63, 3.8) is 0 Å². The molecule has 2 aliphatic rings. The Hall–Kier alpha value is -3.70. The highest BCUT2D eigenvalue weighted by molar-refractivity contribution is 5.83. The molecule has 1 fully saturated rings. The minimum Gasteiger partial charge on any atom is -0.392 e. The zero-order valence-electron chi connectivity index (χ0n) is 26.9. The quantitative estimate of drug-likeness (QED) is 0.257. The van der Waals surface area contributed by atoms with Gasteiger partial charge in [0.25, 0.3) is 0 Å². The van der Waals surface area contributed by atoms with E-state index in [1.165, 1.54) is 6.07 Å². The smallest absolute Gasteiger partial charge is 0.239 e. The van der Waals surface area contributed by atoms with Gasteiger partial charge in [-0.05, 0) is 68.0 Å². The first-order valence-electron chi connectivity index (χ1n) is 16.1. The normalized spacial score (nSPS) is 21.7. The Balaban J connectivity index is 1.29. The molecule has 1 saturated heterocycles. The SMILES string of the molecule is CC(C)(C)NC(=O)[C@@H]1CN(Cc2cccnc2)CCN1C[C@@H](O)C[C@@H](Cc1ccccc1)C(=O)N[C@H]1c2cccc(F)c2C[C@H]1O. The molecule has 0 bridgehead atoms. The zero-order chi connectivity index (χ0) is 32.8. The summed E-state index contributed by atoms with van der Waals surface area (Å²) >= 11 is 0. The monoisotopic (exact) mass is 631 g/mol. The van der Waals surface area contributed by atoms with Crippen LogP contribution in [0.15, 0.2) is 73.1 Å². The Morgan fingerprint density at radius 2 is 1.80 bits per heavy atom. The van der Waals surface area contributed by atoms with E-state index < -0.39 is 41.6 Å². The van der Waals surface area contributed by atoms with Crippen molar-refractivity contribution in [2.45, 2.75) is 76.4 Å². The third-order valence-electron chi connectivity index (χ3n) is 8.79. The molecular formula is C36H46FN5O4. The Morgan fingerprint density at radius 3 is 2.52 bits per heavy atom. The second-order valence-electron chi connectivity index (χ2n) is 13.7. The molecule has 4 N–H and O–H groups in total. The minimum absolute atomic E-state index is 0.102. The number of nitrogens with one attached hydrogen (secondary N) is 2. The maximum atomic E-state index is 14.4. The summed E-state index contributed by atoms with van der Waals surface area (Å²) < 4.78 is 14.4. The Kier molecular flexibility index (Phi) is 10.8. The van der Waals surface area contributed by atoms with E-state index in [1.807, 2.05) is 74.3 Å². The van der Waals surface area contributed by atoms with Crippen molar-refractivity contribution in [2.24, 2.45) is 5.92 Å². The van der Waals surface area contributed by atoms with Crippen LogP contribution in [0, 0.1) is 11.7 Å². The fourth-order valence-electron chi connectivity index (χ4n) is 6.61. The van der Waals surface area contributed by atoms with Gasteiger partial charge in [-0.15, -0.1) is 0 Å². The summed E-state index contributed by atoms with van der Waals surface area (Å²) in [5.41, 5.74) is 2.59. The fourth-order valence-corrected chi connectivity index (χ4v) is 6.61. The summed E-state index contributed by atoms with van der Waals surface area (Å²) in [6, 6.07) is 17.0. The van der Waals surface area contributed by atoms with Crippen LogP contribution in [-0.2, 0) is 29.0 Å². The number of pyridine rings is 1. The number of amides is 2. The molecule has 46 heavy (non-hydrogen) atoms. The largest absolute Gasteiger partial charge is 0.392 e. The Bertz CT molecular complexity index is 1470. The lowest BCUT2D eigenvalue weighted by Gasteiger charge is -2.42. The molecule has 3 aromatic rings. The van der Waals surface area contributed by atoms with Gasteiger partial charge in [0.15, 0.2) is 0 Å². The molecule has 2 amide bonds. The van der Waals surface area contributed by atoms with Gasteiger partial charge >= 0.3 is 0 Å². The molecule has 0 radical (unpaired) electrons. The number of aliphatic hydroxyl groups is 2. The Morgan fingerprint density at radius 1 is 1.04 bits per heavy atom. The molecule has 5 rings (SSSR count). The minimum atomic E-state index is -0.941. The van der Waals surface area contributed by atoms with Crippen molar-refractivity contribution in [3.05, 3.63) is 101 Å². The number of carbonyl (C=O) groups is 2. The number of hydrogen-bond acceptors (Lipinski definition) is 7. The van der Waals surface area contributed by atoms with E-state index in [9.17, 15) is 24.2 Å². The van der Waals surface area contributed by atoms with Gasteiger partial charge in [0, 0.05) is 63.0 Å². The molecule has 0 unspecified atom stereocenters. The van der Waals surface area contributed by atoms with Crippen molar-refractivity contribution in [1.29, 1.82) is 0 Å². The average molecular weight is 632 g/mol. The molecule has 0 spiro atoms. The first-order chi connectivity index (χ1) is 22.0. The van der Waals surface area contributed by atoms with Crippen LogP contribution >= 0.6 is 0 Å². The van der Waals surface area contributed by atoms with Crippen molar-refractivity contribution >= 4 is 11.8 Å². The van der Waals surface area contributed by atoms with Crippen molar-refractivity contribution < 1.29 is 24.2 Å². The number of rotatable bonds is 11. The number of aromatic nitrogens is 1. The lowest BCUT2D eigenvalue weighted by Crippen LogP contribution is -2.61. The molecule has 246 valence electrons. The first-order valence-corrected chi connectivity index (χ1v) is 16.1. The van der Waals surface area contributed by atoms with Crippen LogP contribution in [0.2, 0.25) is 0 Å². The van der Waals surface area contributed by atoms with Crippen molar-refractivity contribution in [1.82, 2.24) is 25.4 Å². The molecule has 1 aliphatic carbocycles. The van der Waals surface area contributed by atoms with E-state index in [4.69, 9.17) is 0 Å². The van der Waals surface area contributed by atoms with Crippen LogP contribution in [0.4, 0.5) is 4.39 Å². The highest BCUT2D eigenvalue weighted by Gasteiger charge is 2.38. The van der Waals surface area contributed by atoms with Gasteiger partial charge in [0.2, 0.25) is 11.8 Å². The number of halogens is 1. The summed E-state index contributed by atoms with van der Waals surface area (Å²) in [5.74, 6) is -1.42. The summed E-state index contributed by atoms with van der Waals surface area (Å²) in [6.07, 6.45) is 2.40. The summed E-state index contributed by atoms with van der Waals surface area (Å²) in [5, 5.41) is 28.3. The number of aliphatic hydroxyl groups excluding tert-OH is 2. The standard InChI is InChI=1S/C36H46FN5O4/c1-36(2,3)40-35(46)31-23-41(21-25-11-8-14-38-20-25)15-16-42(31)22-27(43)18-26(17-24-9-5-4-6-10-24)34(45)39-33-28-12-7-13-30(37)29(28)19-32(33)44/h4-14,20,26-27,31-33,43-44H,15-19,21-23H2,1-3H3,(H,39,45)(H,40,46)/t26-,27+,31+,32-,33+/m1/s1. The van der Waals surface area contributed by atoms with Crippen LogP contribution in [0.25, 0.3) is 0 Å². The number of carbonyl (C=O) groups excluding carboxylic acids is 2. The summed E-state index contributed by atoms with van der Waals surface area (Å²) in [6.45, 7) is 8.51. The average Bonchev–Trinajstić information content (AvgIpc) is 3.33. The molecule has 0 saturated carbocycles. The second kappa shape index (κ2) is 14.8. The van der Waals surface area contributed by atoms with Crippen LogP contribution in [0.3, 0.4) is 0 Å². The third kappa shape index (κ3) is 8.76. The van der Waals surface area contributed by atoms with Gasteiger partial charge < -0.3 is 20.8 Å². The zero-order valence-corrected chi connectivity index (χ0v) is 26.9. The van der Waals surface area contributed by atoms with Gasteiger partial charge in [0.1, 0.15) is 11.9 Å². The highest BCUT2D eigenvalue weighted by Crippen LogP contribution is 2.33. The Labute approximate surface area is 270 Å². The van der Waals surface area contributed by atoms with Crippen LogP contribution < -0.4 is 10.6 Å². The number of hydrogen-bond donors (Lipinski definition) is 4. The molecular weight excluding hydrogens is 585 g/mol. The van der Waals surface area contributed by atoms with E-state index in [2.05, 4.69) is 20.5 Å². The number of β-amino-alcohol motifs (C(OH)–C–C–N with tert-alkyl or cyclic N) is 1. The predicted molar refractivity (Wildman–Crippen MR) is 174 cm³/mol. The lowest BCUT2D eigenvalue weighted by molar-refractivity contribution is -0.132. The van der Waals surface area contributed by atoms with Crippen molar-refractivity contribution in [3.8, 4) is 0 Å². The van der Waals surface area contributed by atoms with Crippen LogP contribution in [0.1, 0.15) is 55.5 Å². The first kappa shape index (κ1) is 33.7. The van der Waals surface area contributed by atoms with E-state index in [0.717, 1.165) is 11.1 Å². The maximum absolute atomic E-state index is 14.4. The van der Waals surface area contributed by atoms with Crippen LogP contribution in [0.5, 0.6) is 0 Å². The van der Waals surface area contributed by atoms with Gasteiger partial charge in [-0.3, -0.25) is 24.4 Å².